The number of unbranched alkanes of at least 4 members (excludes halogenated alkanes) is 1. The number of anilines is 1. The number of aryl methyl sites for hydroxylation is 1. The minimum absolute atomic E-state index is 0.247. The highest BCUT2D eigenvalue weighted by molar-refractivity contribution is 7.99. The molecule has 1 atom stereocenters. The second-order valence-corrected chi connectivity index (χ2v) is 8.70. The molecule has 3 aromatic heterocycles. The molecule has 0 fully saturated rings. The van der Waals surface area contributed by atoms with Crippen LogP contribution in [0.5, 0.6) is 0 Å². The average Bonchev–Trinajstić information content (AvgIpc) is 2.80. The van der Waals surface area contributed by atoms with Crippen LogP contribution in [0.1, 0.15) is 57.0 Å². The first-order valence-corrected chi connectivity index (χ1v) is 11.8. The van der Waals surface area contributed by atoms with E-state index in [-0.39, 0.29) is 5.25 Å². The number of pyridine rings is 3. The summed E-state index contributed by atoms with van der Waals surface area (Å²) < 4.78 is 0. The maximum Gasteiger partial charge on any atom is 0.128 e. The van der Waals surface area contributed by atoms with Crippen molar-refractivity contribution in [1.82, 2.24) is 15.0 Å². The second-order valence-electron chi connectivity index (χ2n) is 7.37. The fraction of sp³-hybridized carbons (Fsp3) is 0.400. The quantitative estimate of drug-likeness (QED) is 0.346. The molecule has 0 saturated carbocycles. The molecule has 0 aliphatic rings. The Kier molecular flexibility index (Phi) is 8.26. The highest BCUT2D eigenvalue weighted by Gasteiger charge is 2.14. The number of aromatic nitrogens is 3. The molecule has 0 bridgehead atoms. The van der Waals surface area contributed by atoms with Crippen molar-refractivity contribution in [3.8, 4) is 11.3 Å². The Hall–Kier alpha value is -2.40. The topological polar surface area (TPSA) is 41.9 Å². The highest BCUT2D eigenvalue weighted by atomic mass is 32.2. The van der Waals surface area contributed by atoms with Gasteiger partial charge in [0, 0.05) is 31.0 Å². The summed E-state index contributed by atoms with van der Waals surface area (Å²) in [7, 11) is 0. The van der Waals surface area contributed by atoms with Crippen LogP contribution < -0.4 is 4.90 Å². The van der Waals surface area contributed by atoms with E-state index in [1.54, 1.807) is 11.8 Å². The fourth-order valence-electron chi connectivity index (χ4n) is 3.35. The number of hydrogen-bond acceptors (Lipinski definition) is 5. The lowest BCUT2D eigenvalue weighted by Gasteiger charge is -2.21. The van der Waals surface area contributed by atoms with Crippen molar-refractivity contribution < 1.29 is 0 Å². The van der Waals surface area contributed by atoms with Gasteiger partial charge in [0.1, 0.15) is 10.8 Å². The number of nitrogens with zero attached hydrogens (tertiary/aromatic N) is 4. The first kappa shape index (κ1) is 22.3. The first-order chi connectivity index (χ1) is 14.7. The third-order valence-corrected chi connectivity index (χ3v) is 6.42. The van der Waals surface area contributed by atoms with Gasteiger partial charge in [-0.1, -0.05) is 44.2 Å². The molecule has 0 saturated heterocycles. The molecular weight excluding hydrogens is 388 g/mol. The summed E-state index contributed by atoms with van der Waals surface area (Å²) in [4.78, 5) is 16.6. The zero-order chi connectivity index (χ0) is 21.3. The van der Waals surface area contributed by atoms with Crippen molar-refractivity contribution >= 4 is 17.6 Å². The maximum atomic E-state index is 5.01. The lowest BCUT2D eigenvalue weighted by atomic mass is 10.1. The Bertz CT molecular complexity index is 912. The molecule has 0 amide bonds. The minimum atomic E-state index is 0.247. The van der Waals surface area contributed by atoms with Crippen LogP contribution in [0.3, 0.4) is 0 Å². The summed E-state index contributed by atoms with van der Waals surface area (Å²) in [5.74, 6) is 1.04. The van der Waals surface area contributed by atoms with Crippen molar-refractivity contribution in [2.75, 3.05) is 18.0 Å². The van der Waals surface area contributed by atoms with Crippen LogP contribution in [0.2, 0.25) is 0 Å². The standard InChI is InChI=1S/C25H32N4S/c1-5-8-17-29(7-3)24-15-13-21(18-27-24)23-14-12-20(6-2)25(28-23)30-19(4)22-11-9-10-16-26-22/h9-16,18-19H,5-8,17H2,1-4H3. The zero-order valence-corrected chi connectivity index (χ0v) is 19.3. The van der Waals surface area contributed by atoms with Crippen molar-refractivity contribution in [3.63, 3.8) is 0 Å². The van der Waals surface area contributed by atoms with E-state index in [1.807, 2.05) is 24.5 Å². The van der Waals surface area contributed by atoms with E-state index in [2.05, 4.69) is 67.9 Å². The first-order valence-electron chi connectivity index (χ1n) is 10.9. The highest BCUT2D eigenvalue weighted by Crippen LogP contribution is 2.36. The van der Waals surface area contributed by atoms with Crippen molar-refractivity contribution in [2.24, 2.45) is 0 Å². The molecular formula is C25H32N4S. The molecule has 0 N–H and O–H groups in total. The maximum absolute atomic E-state index is 5.01. The van der Waals surface area contributed by atoms with Crippen LogP contribution in [-0.4, -0.2) is 28.0 Å². The van der Waals surface area contributed by atoms with E-state index in [4.69, 9.17) is 9.97 Å². The fourth-order valence-corrected chi connectivity index (χ4v) is 4.46. The predicted octanol–water partition coefficient (Wildman–Crippen LogP) is 6.58. The minimum Gasteiger partial charge on any atom is -0.357 e. The Labute approximate surface area is 185 Å². The lowest BCUT2D eigenvalue weighted by molar-refractivity contribution is 0.724. The molecule has 0 spiro atoms. The molecule has 5 heteroatoms. The second kappa shape index (κ2) is 11.1. The number of rotatable bonds is 10. The van der Waals surface area contributed by atoms with Gasteiger partial charge >= 0.3 is 0 Å². The van der Waals surface area contributed by atoms with Crippen molar-refractivity contribution in [1.29, 1.82) is 0 Å². The molecule has 0 aromatic carbocycles. The SMILES string of the molecule is CCCCN(CC)c1ccc(-c2ccc(CC)c(SC(C)c3ccccn3)n2)cn1. The molecule has 0 aliphatic heterocycles. The molecule has 3 rings (SSSR count). The molecule has 0 aliphatic carbocycles. The van der Waals surface area contributed by atoms with Crippen molar-refractivity contribution in [2.45, 2.75) is 57.2 Å². The van der Waals surface area contributed by atoms with Crippen LogP contribution in [-0.2, 0) is 6.42 Å². The Morgan fingerprint density at radius 3 is 2.50 bits per heavy atom. The van der Waals surface area contributed by atoms with Gasteiger partial charge in [-0.3, -0.25) is 4.98 Å². The summed E-state index contributed by atoms with van der Waals surface area (Å²) >= 11 is 1.78. The van der Waals surface area contributed by atoms with E-state index in [0.29, 0.717) is 0 Å². The third kappa shape index (κ3) is 5.60. The number of thioether (sulfide) groups is 1. The van der Waals surface area contributed by atoms with Crippen LogP contribution in [0.15, 0.2) is 59.9 Å². The summed E-state index contributed by atoms with van der Waals surface area (Å²) in [6.45, 7) is 10.8. The summed E-state index contributed by atoms with van der Waals surface area (Å²) in [5, 5.41) is 1.33. The molecule has 3 aromatic rings. The van der Waals surface area contributed by atoms with Crippen LogP contribution in [0, 0.1) is 0 Å². The molecule has 1 unspecified atom stereocenters. The predicted molar refractivity (Wildman–Crippen MR) is 128 cm³/mol. The van der Waals surface area contributed by atoms with Crippen LogP contribution in [0.4, 0.5) is 5.82 Å². The van der Waals surface area contributed by atoms with Gasteiger partial charge < -0.3 is 4.90 Å². The zero-order valence-electron chi connectivity index (χ0n) is 18.5. The van der Waals surface area contributed by atoms with E-state index in [1.165, 1.54) is 18.4 Å². The Balaban J connectivity index is 1.82. The van der Waals surface area contributed by atoms with Gasteiger partial charge in [0.2, 0.25) is 0 Å². The van der Waals surface area contributed by atoms with E-state index in [9.17, 15) is 0 Å². The lowest BCUT2D eigenvalue weighted by Crippen LogP contribution is -2.24. The molecule has 4 nitrogen and oxygen atoms in total. The Morgan fingerprint density at radius 2 is 1.87 bits per heavy atom. The van der Waals surface area contributed by atoms with Gasteiger partial charge in [-0.05, 0) is 62.6 Å². The van der Waals surface area contributed by atoms with Gasteiger partial charge in [-0.2, -0.15) is 0 Å². The van der Waals surface area contributed by atoms with Gasteiger partial charge in [-0.25, -0.2) is 9.97 Å². The van der Waals surface area contributed by atoms with Gasteiger partial charge in [0.15, 0.2) is 0 Å². The molecule has 0 radical (unpaired) electrons. The van der Waals surface area contributed by atoms with E-state index in [0.717, 1.165) is 47.3 Å². The van der Waals surface area contributed by atoms with Crippen molar-refractivity contribution in [3.05, 3.63) is 66.1 Å². The number of hydrogen-bond donors (Lipinski definition) is 0. The summed E-state index contributed by atoms with van der Waals surface area (Å²) in [6, 6.07) is 14.6. The van der Waals surface area contributed by atoms with Crippen LogP contribution >= 0.6 is 11.8 Å². The van der Waals surface area contributed by atoms with Gasteiger partial charge in [-0.15, -0.1) is 0 Å². The molecule has 30 heavy (non-hydrogen) atoms. The Morgan fingerprint density at radius 1 is 1.00 bits per heavy atom. The smallest absolute Gasteiger partial charge is 0.128 e. The molecule has 158 valence electrons. The molecule has 3 heterocycles. The third-order valence-electron chi connectivity index (χ3n) is 5.24. The summed E-state index contributed by atoms with van der Waals surface area (Å²) in [5.41, 5.74) is 4.38. The van der Waals surface area contributed by atoms with E-state index < -0.39 is 0 Å². The van der Waals surface area contributed by atoms with Gasteiger partial charge in [0.05, 0.1) is 16.6 Å². The monoisotopic (exact) mass is 420 g/mol. The van der Waals surface area contributed by atoms with Gasteiger partial charge in [0.25, 0.3) is 0 Å². The van der Waals surface area contributed by atoms with E-state index >= 15 is 0 Å². The summed E-state index contributed by atoms with van der Waals surface area (Å²) in [6.07, 6.45) is 7.15. The largest absolute Gasteiger partial charge is 0.357 e. The average molecular weight is 421 g/mol. The normalized spacial score (nSPS) is 12.0. The van der Waals surface area contributed by atoms with Crippen LogP contribution in [0.25, 0.3) is 11.3 Å².